The molecule has 0 radical (unpaired) electrons. The summed E-state index contributed by atoms with van der Waals surface area (Å²) in [7, 11) is 1.79. The Labute approximate surface area is 111 Å². The molecule has 0 aliphatic carbocycles. The molecule has 1 fully saturated rings. The predicted octanol–water partition coefficient (Wildman–Crippen LogP) is 3.16. The maximum atomic E-state index is 5.62. The summed E-state index contributed by atoms with van der Waals surface area (Å²) in [4.78, 5) is 6.80. The molecule has 1 saturated heterocycles. The number of aryl methyl sites for hydroxylation is 1. The minimum absolute atomic E-state index is 0.0525. The Bertz CT molecular complexity index is 410. The summed E-state index contributed by atoms with van der Waals surface area (Å²) in [5, 5.41) is 0. The van der Waals surface area contributed by atoms with Crippen molar-refractivity contribution in [2.75, 3.05) is 25.1 Å². The second kappa shape index (κ2) is 4.94. The number of rotatable bonds is 2. The highest BCUT2D eigenvalue weighted by Gasteiger charge is 2.32. The average Bonchev–Trinajstić information content (AvgIpc) is 2.33. The van der Waals surface area contributed by atoms with E-state index in [1.165, 1.54) is 5.56 Å². The van der Waals surface area contributed by atoms with Gasteiger partial charge in [-0.3, -0.25) is 0 Å². The van der Waals surface area contributed by atoms with Crippen molar-refractivity contribution in [2.45, 2.75) is 32.3 Å². The van der Waals surface area contributed by atoms with Crippen LogP contribution in [-0.4, -0.2) is 30.8 Å². The lowest BCUT2D eigenvalue weighted by molar-refractivity contribution is -0.00484. The molecule has 0 N–H and O–H groups in total. The lowest BCUT2D eigenvalue weighted by atomic mass is 9.95. The van der Waals surface area contributed by atoms with Crippen LogP contribution in [0.15, 0.2) is 16.7 Å². The van der Waals surface area contributed by atoms with Crippen molar-refractivity contribution in [1.82, 2.24) is 4.98 Å². The van der Waals surface area contributed by atoms with Gasteiger partial charge in [0.2, 0.25) is 0 Å². The van der Waals surface area contributed by atoms with Crippen molar-refractivity contribution in [3.63, 3.8) is 0 Å². The Morgan fingerprint density at radius 1 is 1.53 bits per heavy atom. The first kappa shape index (κ1) is 12.8. The summed E-state index contributed by atoms with van der Waals surface area (Å²) in [6, 6.07) is 2.02. The van der Waals surface area contributed by atoms with Crippen LogP contribution in [0.5, 0.6) is 0 Å². The largest absolute Gasteiger partial charge is 0.377 e. The number of piperidine rings is 1. The van der Waals surface area contributed by atoms with Gasteiger partial charge in [-0.1, -0.05) is 0 Å². The van der Waals surface area contributed by atoms with Crippen molar-refractivity contribution in [2.24, 2.45) is 0 Å². The summed E-state index contributed by atoms with van der Waals surface area (Å²) < 4.78 is 6.71. The lowest BCUT2D eigenvalue weighted by Gasteiger charge is -2.40. The van der Waals surface area contributed by atoms with E-state index in [0.29, 0.717) is 0 Å². The number of halogens is 1. The average molecular weight is 299 g/mol. The first-order chi connectivity index (χ1) is 8.06. The molecule has 1 aliphatic rings. The van der Waals surface area contributed by atoms with E-state index in [1.807, 2.05) is 12.3 Å². The minimum Gasteiger partial charge on any atom is -0.377 e. The topological polar surface area (TPSA) is 25.4 Å². The van der Waals surface area contributed by atoms with Crippen LogP contribution in [0.3, 0.4) is 0 Å². The summed E-state index contributed by atoms with van der Waals surface area (Å²) in [6.45, 7) is 6.21. The van der Waals surface area contributed by atoms with Gasteiger partial charge in [0, 0.05) is 26.4 Å². The van der Waals surface area contributed by atoms with Gasteiger partial charge in [-0.2, -0.15) is 0 Å². The predicted molar refractivity (Wildman–Crippen MR) is 73.5 cm³/mol. The maximum absolute atomic E-state index is 5.62. The van der Waals surface area contributed by atoms with E-state index >= 15 is 0 Å². The van der Waals surface area contributed by atoms with E-state index in [4.69, 9.17) is 4.74 Å². The first-order valence-corrected chi connectivity index (χ1v) is 6.76. The van der Waals surface area contributed by atoms with Crippen LogP contribution in [0.25, 0.3) is 0 Å². The summed E-state index contributed by atoms with van der Waals surface area (Å²) >= 11 is 3.63. The molecule has 0 saturated carbocycles. The van der Waals surface area contributed by atoms with Gasteiger partial charge >= 0.3 is 0 Å². The van der Waals surface area contributed by atoms with Gasteiger partial charge in [-0.05, 0) is 54.2 Å². The number of hydrogen-bond donors (Lipinski definition) is 0. The second-order valence-corrected chi connectivity index (χ2v) is 5.74. The number of aromatic nitrogens is 1. The van der Waals surface area contributed by atoms with Gasteiger partial charge < -0.3 is 9.64 Å². The third-order valence-electron chi connectivity index (χ3n) is 3.52. The van der Waals surface area contributed by atoms with E-state index in [-0.39, 0.29) is 5.60 Å². The Balaban J connectivity index is 2.25. The smallest absolute Gasteiger partial charge is 0.143 e. The van der Waals surface area contributed by atoms with Crippen LogP contribution in [0.4, 0.5) is 5.82 Å². The van der Waals surface area contributed by atoms with Crippen molar-refractivity contribution >= 4 is 21.7 Å². The normalized spacial score (nSPS) is 25.1. The van der Waals surface area contributed by atoms with E-state index < -0.39 is 0 Å². The van der Waals surface area contributed by atoms with E-state index in [9.17, 15) is 0 Å². The standard InChI is InChI=1S/C13H19BrN2O/c1-10-5-7-15-12(11(10)14)16-8-4-6-13(2,9-16)17-3/h5,7H,4,6,8-9H2,1-3H3. The van der Waals surface area contributed by atoms with Gasteiger partial charge in [0.1, 0.15) is 5.82 Å². The van der Waals surface area contributed by atoms with Crippen molar-refractivity contribution in [3.05, 3.63) is 22.3 Å². The van der Waals surface area contributed by atoms with E-state index in [1.54, 1.807) is 7.11 Å². The summed E-state index contributed by atoms with van der Waals surface area (Å²) in [5.41, 5.74) is 1.17. The molecule has 3 nitrogen and oxygen atoms in total. The molecule has 2 heterocycles. The zero-order chi connectivity index (χ0) is 12.5. The molecule has 0 bridgehead atoms. The highest BCUT2D eigenvalue weighted by Crippen LogP contribution is 2.32. The van der Waals surface area contributed by atoms with Crippen LogP contribution >= 0.6 is 15.9 Å². The van der Waals surface area contributed by atoms with Crippen molar-refractivity contribution in [1.29, 1.82) is 0 Å². The van der Waals surface area contributed by atoms with Crippen molar-refractivity contribution < 1.29 is 4.74 Å². The number of nitrogens with zero attached hydrogens (tertiary/aromatic N) is 2. The quantitative estimate of drug-likeness (QED) is 0.839. The number of anilines is 1. The third-order valence-corrected chi connectivity index (χ3v) is 4.50. The highest BCUT2D eigenvalue weighted by molar-refractivity contribution is 9.10. The van der Waals surface area contributed by atoms with Gasteiger partial charge in [0.25, 0.3) is 0 Å². The highest BCUT2D eigenvalue weighted by atomic mass is 79.9. The molecular formula is C13H19BrN2O. The molecule has 1 aromatic heterocycles. The summed E-state index contributed by atoms with van der Waals surface area (Å²) in [6.07, 6.45) is 4.13. The van der Waals surface area contributed by atoms with Crippen LogP contribution in [0, 0.1) is 6.92 Å². The Morgan fingerprint density at radius 3 is 3.00 bits per heavy atom. The molecule has 1 unspecified atom stereocenters. The fourth-order valence-electron chi connectivity index (χ4n) is 2.30. The molecule has 17 heavy (non-hydrogen) atoms. The Hall–Kier alpha value is -0.610. The first-order valence-electron chi connectivity index (χ1n) is 5.97. The third kappa shape index (κ3) is 2.63. The van der Waals surface area contributed by atoms with Gasteiger partial charge in [0.05, 0.1) is 10.1 Å². The molecule has 2 rings (SSSR count). The molecule has 1 aliphatic heterocycles. The molecule has 0 spiro atoms. The second-order valence-electron chi connectivity index (χ2n) is 4.94. The lowest BCUT2D eigenvalue weighted by Crippen LogP contribution is -2.47. The van der Waals surface area contributed by atoms with E-state index in [0.717, 1.165) is 36.2 Å². The molecule has 0 aromatic carbocycles. The SMILES string of the molecule is COC1(C)CCCN(c2nccc(C)c2Br)C1. The van der Waals surface area contributed by atoms with Crippen LogP contribution in [-0.2, 0) is 4.74 Å². The van der Waals surface area contributed by atoms with Crippen LogP contribution in [0.1, 0.15) is 25.3 Å². The maximum Gasteiger partial charge on any atom is 0.143 e. The summed E-state index contributed by atoms with van der Waals surface area (Å²) in [5.74, 6) is 1.04. The number of ether oxygens (including phenoxy) is 1. The molecule has 94 valence electrons. The fraction of sp³-hybridized carbons (Fsp3) is 0.615. The van der Waals surface area contributed by atoms with Gasteiger partial charge in [-0.15, -0.1) is 0 Å². The van der Waals surface area contributed by atoms with Gasteiger partial charge in [0.15, 0.2) is 0 Å². The minimum atomic E-state index is -0.0525. The zero-order valence-corrected chi connectivity index (χ0v) is 12.2. The van der Waals surface area contributed by atoms with Crippen LogP contribution < -0.4 is 4.90 Å². The molecule has 1 aromatic rings. The zero-order valence-electron chi connectivity index (χ0n) is 10.7. The number of hydrogen-bond acceptors (Lipinski definition) is 3. The van der Waals surface area contributed by atoms with E-state index in [2.05, 4.69) is 39.7 Å². The molecule has 0 amide bonds. The number of pyridine rings is 1. The van der Waals surface area contributed by atoms with Crippen molar-refractivity contribution in [3.8, 4) is 0 Å². The number of methoxy groups -OCH3 is 1. The Kier molecular flexibility index (Phi) is 3.73. The molecule has 1 atom stereocenters. The Morgan fingerprint density at radius 2 is 2.29 bits per heavy atom. The molecular weight excluding hydrogens is 280 g/mol. The van der Waals surface area contributed by atoms with Gasteiger partial charge in [-0.25, -0.2) is 4.98 Å². The molecule has 4 heteroatoms. The van der Waals surface area contributed by atoms with Crippen LogP contribution in [0.2, 0.25) is 0 Å². The monoisotopic (exact) mass is 298 g/mol. The fourth-order valence-corrected chi connectivity index (χ4v) is 2.78.